The van der Waals surface area contributed by atoms with Crippen LogP contribution in [0.1, 0.15) is 22.6 Å². The molecule has 2 bridgehead atoms. The standard InChI is InChI=1S/C18H20N2O4S2/c1-20-11-8-10(9-12(20)16-15(11)23-16)22-17(21)18(24-19,13-4-2-6-25-13)14-5-3-7-26-14/h2-7,10-12,15-16H,8-9,19H2,1H3. The Balaban J connectivity index is 1.42. The van der Waals surface area contributed by atoms with Gasteiger partial charge in [-0.05, 0) is 29.9 Å². The molecule has 5 heterocycles. The van der Waals surface area contributed by atoms with Crippen LogP contribution in [0.3, 0.4) is 0 Å². The third-order valence-electron chi connectivity index (χ3n) is 5.85. The Morgan fingerprint density at radius 1 is 1.19 bits per heavy atom. The van der Waals surface area contributed by atoms with Gasteiger partial charge in [-0.3, -0.25) is 9.74 Å². The number of piperidine rings is 1. The molecule has 0 amide bonds. The molecule has 6 nitrogen and oxygen atoms in total. The number of epoxide rings is 1. The molecule has 2 aromatic rings. The van der Waals surface area contributed by atoms with Crippen LogP contribution in [0.25, 0.3) is 0 Å². The number of thiophene rings is 2. The van der Waals surface area contributed by atoms with E-state index in [0.717, 1.165) is 22.6 Å². The zero-order chi connectivity index (χ0) is 17.9. The lowest BCUT2D eigenvalue weighted by molar-refractivity contribution is -0.178. The normalized spacial score (nSPS) is 33.1. The van der Waals surface area contributed by atoms with E-state index in [2.05, 4.69) is 11.9 Å². The number of morpholine rings is 1. The molecule has 0 radical (unpaired) electrons. The summed E-state index contributed by atoms with van der Waals surface area (Å²) in [5.74, 6) is 5.26. The Kier molecular flexibility index (Phi) is 3.97. The highest BCUT2D eigenvalue weighted by Gasteiger charge is 2.63. The molecule has 0 spiro atoms. The van der Waals surface area contributed by atoms with Crippen molar-refractivity contribution in [2.75, 3.05) is 7.05 Å². The molecule has 3 saturated heterocycles. The number of carbonyl (C=O) groups excluding carboxylic acids is 1. The maximum atomic E-state index is 13.3. The van der Waals surface area contributed by atoms with Crippen molar-refractivity contribution in [2.45, 2.75) is 48.8 Å². The van der Waals surface area contributed by atoms with Crippen LogP contribution < -0.4 is 5.90 Å². The number of esters is 1. The molecule has 4 unspecified atom stereocenters. The van der Waals surface area contributed by atoms with Gasteiger partial charge in [-0.1, -0.05) is 12.1 Å². The Morgan fingerprint density at radius 3 is 2.23 bits per heavy atom. The summed E-state index contributed by atoms with van der Waals surface area (Å²) in [6.07, 6.45) is 2.04. The number of rotatable bonds is 5. The first-order chi connectivity index (χ1) is 12.6. The molecule has 0 saturated carbocycles. The van der Waals surface area contributed by atoms with Gasteiger partial charge in [0.2, 0.25) is 0 Å². The zero-order valence-electron chi connectivity index (χ0n) is 14.2. The van der Waals surface area contributed by atoms with E-state index in [-0.39, 0.29) is 6.10 Å². The van der Waals surface area contributed by atoms with E-state index in [1.54, 1.807) is 0 Å². The minimum Gasteiger partial charge on any atom is -0.459 e. The second-order valence-electron chi connectivity index (χ2n) is 7.12. The lowest BCUT2D eigenvalue weighted by Gasteiger charge is -2.39. The molecular weight excluding hydrogens is 372 g/mol. The van der Waals surface area contributed by atoms with Crippen molar-refractivity contribution in [1.29, 1.82) is 0 Å². The molecule has 3 aliphatic rings. The van der Waals surface area contributed by atoms with Crippen molar-refractivity contribution in [3.8, 4) is 0 Å². The van der Waals surface area contributed by atoms with Gasteiger partial charge in [-0.25, -0.2) is 10.7 Å². The van der Waals surface area contributed by atoms with Gasteiger partial charge in [0.25, 0.3) is 5.60 Å². The van der Waals surface area contributed by atoms with Gasteiger partial charge in [-0.2, -0.15) is 0 Å². The third-order valence-corrected chi connectivity index (χ3v) is 7.79. The predicted molar refractivity (Wildman–Crippen MR) is 97.8 cm³/mol. The number of likely N-dealkylation sites (N-methyl/N-ethyl adjacent to an activating group) is 1. The van der Waals surface area contributed by atoms with Gasteiger partial charge in [-0.15, -0.1) is 22.7 Å². The number of hydrogen-bond acceptors (Lipinski definition) is 8. The maximum Gasteiger partial charge on any atom is 0.352 e. The van der Waals surface area contributed by atoms with Crippen molar-refractivity contribution >= 4 is 28.6 Å². The molecule has 0 aromatic carbocycles. The first-order valence-corrected chi connectivity index (χ1v) is 10.5. The molecule has 3 aliphatic heterocycles. The van der Waals surface area contributed by atoms with Crippen LogP contribution in [-0.4, -0.2) is 48.3 Å². The van der Waals surface area contributed by atoms with Gasteiger partial charge < -0.3 is 9.47 Å². The highest BCUT2D eigenvalue weighted by Crippen LogP contribution is 2.48. The van der Waals surface area contributed by atoms with Gasteiger partial charge in [0.1, 0.15) is 18.3 Å². The topological polar surface area (TPSA) is 77.3 Å². The lowest BCUT2D eigenvalue weighted by Crippen LogP contribution is -2.50. The van der Waals surface area contributed by atoms with Crippen molar-refractivity contribution in [1.82, 2.24) is 4.90 Å². The predicted octanol–water partition coefficient (Wildman–Crippen LogP) is 2.10. The fourth-order valence-corrected chi connectivity index (χ4v) is 6.28. The number of nitrogens with zero attached hydrogens (tertiary/aromatic N) is 1. The first-order valence-electron chi connectivity index (χ1n) is 8.69. The monoisotopic (exact) mass is 392 g/mol. The van der Waals surface area contributed by atoms with Gasteiger partial charge in [0, 0.05) is 24.9 Å². The minimum atomic E-state index is -1.40. The van der Waals surface area contributed by atoms with Crippen molar-refractivity contribution in [3.05, 3.63) is 44.8 Å². The van der Waals surface area contributed by atoms with E-state index in [0.29, 0.717) is 24.3 Å². The summed E-state index contributed by atoms with van der Waals surface area (Å²) < 4.78 is 11.7. The number of ether oxygens (including phenoxy) is 2. The quantitative estimate of drug-likeness (QED) is 0.477. The van der Waals surface area contributed by atoms with Crippen molar-refractivity contribution in [2.24, 2.45) is 5.90 Å². The lowest BCUT2D eigenvalue weighted by atomic mass is 9.97. The van der Waals surface area contributed by atoms with Crippen LogP contribution in [0, 0.1) is 0 Å². The molecule has 2 aromatic heterocycles. The van der Waals surface area contributed by atoms with Crippen molar-refractivity contribution in [3.63, 3.8) is 0 Å². The van der Waals surface area contributed by atoms with Crippen LogP contribution in [-0.2, 0) is 24.7 Å². The number of hydrogen-bond donors (Lipinski definition) is 1. The Bertz CT molecular complexity index is 742. The first kappa shape index (κ1) is 16.9. The second-order valence-corrected chi connectivity index (χ2v) is 9.01. The van der Waals surface area contributed by atoms with E-state index in [1.165, 1.54) is 22.7 Å². The average molecular weight is 393 g/mol. The molecule has 2 N–H and O–H groups in total. The van der Waals surface area contributed by atoms with Gasteiger partial charge in [0.15, 0.2) is 0 Å². The van der Waals surface area contributed by atoms with Crippen molar-refractivity contribution < 1.29 is 19.1 Å². The van der Waals surface area contributed by atoms with Crippen LogP contribution in [0.15, 0.2) is 35.0 Å². The Labute approximate surface area is 159 Å². The van der Waals surface area contributed by atoms with E-state index in [9.17, 15) is 4.79 Å². The van der Waals surface area contributed by atoms with E-state index < -0.39 is 11.6 Å². The van der Waals surface area contributed by atoms with Crippen LogP contribution in [0.4, 0.5) is 0 Å². The SMILES string of the molecule is CN1C2CC(OC(=O)C(ON)(c3cccs3)c3cccs3)CC1C1OC12. The molecule has 0 aliphatic carbocycles. The largest absolute Gasteiger partial charge is 0.459 e. The van der Waals surface area contributed by atoms with Crippen LogP contribution in [0.5, 0.6) is 0 Å². The van der Waals surface area contributed by atoms with E-state index in [4.69, 9.17) is 20.2 Å². The Hall–Kier alpha value is -1.29. The van der Waals surface area contributed by atoms with Gasteiger partial charge >= 0.3 is 5.97 Å². The van der Waals surface area contributed by atoms with E-state index in [1.807, 2.05) is 35.0 Å². The fourth-order valence-electron chi connectivity index (χ4n) is 4.48. The number of carbonyl (C=O) groups is 1. The number of nitrogens with two attached hydrogens (primary N) is 1. The average Bonchev–Trinajstić information content (AvgIpc) is 3.00. The molecule has 4 atom stereocenters. The van der Waals surface area contributed by atoms with Gasteiger partial charge in [0.05, 0.1) is 9.75 Å². The molecule has 5 rings (SSSR count). The van der Waals surface area contributed by atoms with Crippen LogP contribution >= 0.6 is 22.7 Å². The third kappa shape index (κ3) is 2.33. The highest BCUT2D eigenvalue weighted by molar-refractivity contribution is 7.12. The summed E-state index contributed by atoms with van der Waals surface area (Å²) in [6, 6.07) is 8.14. The summed E-state index contributed by atoms with van der Waals surface area (Å²) in [7, 11) is 2.13. The zero-order valence-corrected chi connectivity index (χ0v) is 15.9. The molecule has 138 valence electrons. The molecule has 3 fully saturated rings. The Morgan fingerprint density at radius 2 is 1.77 bits per heavy atom. The summed E-state index contributed by atoms with van der Waals surface area (Å²) in [6.45, 7) is 0. The summed E-state index contributed by atoms with van der Waals surface area (Å²) >= 11 is 2.87. The molecule has 8 heteroatoms. The molecule has 26 heavy (non-hydrogen) atoms. The fraction of sp³-hybridized carbons (Fsp3) is 0.500. The summed E-state index contributed by atoms with van der Waals surface area (Å²) in [5.41, 5.74) is -1.40. The summed E-state index contributed by atoms with van der Waals surface area (Å²) in [4.78, 5) is 22.5. The minimum absolute atomic E-state index is 0.139. The van der Waals surface area contributed by atoms with Crippen LogP contribution in [0.2, 0.25) is 0 Å². The summed E-state index contributed by atoms with van der Waals surface area (Å²) in [5, 5.41) is 3.81. The number of fused-ring (bicyclic) bond motifs is 5. The highest BCUT2D eigenvalue weighted by atomic mass is 32.1. The second kappa shape index (κ2) is 6.12. The van der Waals surface area contributed by atoms with E-state index >= 15 is 0 Å². The smallest absolute Gasteiger partial charge is 0.352 e. The molecular formula is C18H20N2O4S2. The maximum absolute atomic E-state index is 13.3.